The van der Waals surface area contributed by atoms with Crippen LogP contribution in [0, 0.1) is 5.92 Å². The highest BCUT2D eigenvalue weighted by Gasteiger charge is 2.20. The average molecular weight is 314 g/mol. The van der Waals surface area contributed by atoms with Gasteiger partial charge in [-0.15, -0.1) is 0 Å². The Morgan fingerprint density at radius 1 is 1.00 bits per heavy atom. The summed E-state index contributed by atoms with van der Waals surface area (Å²) in [5.74, 6) is -0.00401. The molecule has 2 N–H and O–H groups in total. The van der Waals surface area contributed by atoms with Crippen LogP contribution in [-0.4, -0.2) is 31.1 Å². The van der Waals surface area contributed by atoms with E-state index in [4.69, 9.17) is 4.74 Å². The highest BCUT2D eigenvalue weighted by atomic mass is 16.5. The summed E-state index contributed by atoms with van der Waals surface area (Å²) < 4.78 is 5.29. The predicted octanol–water partition coefficient (Wildman–Crippen LogP) is 2.50. The molecule has 0 aromatic heterocycles. The van der Waals surface area contributed by atoms with Crippen LogP contribution in [0.25, 0.3) is 0 Å². The van der Waals surface area contributed by atoms with Crippen LogP contribution in [0.1, 0.15) is 36.0 Å². The molecule has 3 rings (SSSR count). The van der Waals surface area contributed by atoms with E-state index in [0.29, 0.717) is 18.8 Å². The Morgan fingerprint density at radius 2 is 1.65 bits per heavy atom. The number of hydrogen-bond donors (Lipinski definition) is 2. The molecule has 1 aliphatic heterocycles. The van der Waals surface area contributed by atoms with E-state index >= 15 is 0 Å². The van der Waals surface area contributed by atoms with Gasteiger partial charge in [-0.05, 0) is 49.9 Å². The van der Waals surface area contributed by atoms with Gasteiger partial charge < -0.3 is 15.4 Å². The lowest BCUT2D eigenvalue weighted by molar-refractivity contribution is -0.119. The fourth-order valence-corrected chi connectivity index (χ4v) is 2.89. The van der Waals surface area contributed by atoms with Gasteiger partial charge in [0.2, 0.25) is 5.91 Å². The molecule has 0 bridgehead atoms. The Bertz CT molecular complexity index is 581. The number of carbonyl (C=O) groups is 2. The summed E-state index contributed by atoms with van der Waals surface area (Å²) in [4.78, 5) is 24.3. The van der Waals surface area contributed by atoms with Gasteiger partial charge in [-0.2, -0.15) is 0 Å². The van der Waals surface area contributed by atoms with Crippen LogP contribution >= 0.6 is 0 Å². The van der Waals surface area contributed by atoms with Crippen LogP contribution < -0.4 is 10.6 Å². The van der Waals surface area contributed by atoms with Crippen LogP contribution in [0.3, 0.4) is 0 Å². The van der Waals surface area contributed by atoms with Crippen LogP contribution in [0.4, 0.5) is 5.69 Å². The van der Waals surface area contributed by atoms with Gasteiger partial charge >= 0.3 is 0 Å². The lowest BCUT2D eigenvalue weighted by atomic mass is 10.1. The van der Waals surface area contributed by atoms with Crippen molar-refractivity contribution in [3.8, 4) is 0 Å². The van der Waals surface area contributed by atoms with Crippen LogP contribution in [0.5, 0.6) is 0 Å². The summed E-state index contributed by atoms with van der Waals surface area (Å²) in [6.45, 7) is 1.40. The topological polar surface area (TPSA) is 67.4 Å². The Morgan fingerprint density at radius 3 is 2.30 bits per heavy atom. The molecule has 1 saturated heterocycles. The van der Waals surface area contributed by atoms with Crippen LogP contribution in [-0.2, 0) is 9.53 Å². The lowest BCUT2D eigenvalue weighted by Gasteiger charge is -2.23. The number of carbonyl (C=O) groups excluding carboxylic acids is 2. The van der Waals surface area contributed by atoms with Crippen molar-refractivity contribution in [2.75, 3.05) is 18.5 Å². The third-order valence-corrected chi connectivity index (χ3v) is 4.35. The van der Waals surface area contributed by atoms with E-state index in [1.165, 1.54) is 0 Å². The van der Waals surface area contributed by atoms with E-state index in [1.807, 2.05) is 12.2 Å². The minimum absolute atomic E-state index is 0.0338. The number of allylic oxidation sites excluding steroid dienone is 2. The van der Waals surface area contributed by atoms with Crippen molar-refractivity contribution in [1.29, 1.82) is 0 Å². The summed E-state index contributed by atoms with van der Waals surface area (Å²) in [7, 11) is 0. The number of ether oxygens (including phenoxy) is 1. The minimum Gasteiger partial charge on any atom is -0.381 e. The SMILES string of the molecule is O=C(NC1CCOCC1)c1ccc(NC(=O)C2CC=CC2)cc1. The van der Waals surface area contributed by atoms with E-state index in [1.54, 1.807) is 24.3 Å². The molecule has 1 aliphatic carbocycles. The van der Waals surface area contributed by atoms with Crippen molar-refractivity contribution >= 4 is 17.5 Å². The monoisotopic (exact) mass is 314 g/mol. The third kappa shape index (κ3) is 4.20. The maximum Gasteiger partial charge on any atom is 0.251 e. The Kier molecular flexibility index (Phi) is 5.08. The van der Waals surface area contributed by atoms with Crippen molar-refractivity contribution in [3.63, 3.8) is 0 Å². The lowest BCUT2D eigenvalue weighted by Crippen LogP contribution is -2.38. The number of rotatable bonds is 4. The predicted molar refractivity (Wildman–Crippen MR) is 88.2 cm³/mol. The Hall–Kier alpha value is -2.14. The van der Waals surface area contributed by atoms with Gasteiger partial charge in [0.25, 0.3) is 5.91 Å². The zero-order valence-electron chi connectivity index (χ0n) is 13.1. The number of amides is 2. The minimum atomic E-state index is -0.0743. The van der Waals surface area contributed by atoms with E-state index in [0.717, 1.165) is 31.4 Å². The summed E-state index contributed by atoms with van der Waals surface area (Å²) in [5, 5.41) is 5.93. The molecule has 0 spiro atoms. The second-order valence-corrected chi connectivity index (χ2v) is 6.07. The van der Waals surface area contributed by atoms with Crippen LogP contribution in [0.2, 0.25) is 0 Å². The summed E-state index contributed by atoms with van der Waals surface area (Å²) in [5.41, 5.74) is 1.33. The molecule has 122 valence electrons. The molecule has 1 aromatic carbocycles. The quantitative estimate of drug-likeness (QED) is 0.839. The highest BCUT2D eigenvalue weighted by Crippen LogP contribution is 2.20. The van der Waals surface area contributed by atoms with Gasteiger partial charge in [-0.25, -0.2) is 0 Å². The fraction of sp³-hybridized carbons (Fsp3) is 0.444. The van der Waals surface area contributed by atoms with E-state index in [2.05, 4.69) is 10.6 Å². The van der Waals surface area contributed by atoms with Gasteiger partial charge in [-0.1, -0.05) is 12.2 Å². The second kappa shape index (κ2) is 7.42. The van der Waals surface area contributed by atoms with Crippen LogP contribution in [0.15, 0.2) is 36.4 Å². The van der Waals surface area contributed by atoms with Crippen molar-refractivity contribution in [3.05, 3.63) is 42.0 Å². The molecule has 23 heavy (non-hydrogen) atoms. The van der Waals surface area contributed by atoms with Crippen molar-refractivity contribution in [2.45, 2.75) is 31.7 Å². The molecule has 2 aliphatic rings. The van der Waals surface area contributed by atoms with E-state index < -0.39 is 0 Å². The zero-order chi connectivity index (χ0) is 16.1. The zero-order valence-corrected chi connectivity index (χ0v) is 13.1. The molecule has 1 heterocycles. The second-order valence-electron chi connectivity index (χ2n) is 6.07. The largest absolute Gasteiger partial charge is 0.381 e. The van der Waals surface area contributed by atoms with Crippen molar-refractivity contribution < 1.29 is 14.3 Å². The number of benzene rings is 1. The molecule has 0 atom stereocenters. The molecular formula is C18H22N2O3. The summed E-state index contributed by atoms with van der Waals surface area (Å²) in [6.07, 6.45) is 7.39. The van der Waals surface area contributed by atoms with E-state index in [9.17, 15) is 9.59 Å². The fourth-order valence-electron chi connectivity index (χ4n) is 2.89. The first-order valence-electron chi connectivity index (χ1n) is 8.17. The van der Waals surface area contributed by atoms with E-state index in [-0.39, 0.29) is 23.8 Å². The maximum absolute atomic E-state index is 12.2. The number of hydrogen-bond acceptors (Lipinski definition) is 3. The van der Waals surface area contributed by atoms with Gasteiger partial charge in [-0.3, -0.25) is 9.59 Å². The first kappa shape index (κ1) is 15.7. The first-order chi connectivity index (χ1) is 11.2. The molecular weight excluding hydrogens is 292 g/mol. The smallest absolute Gasteiger partial charge is 0.251 e. The maximum atomic E-state index is 12.2. The molecule has 5 heteroatoms. The van der Waals surface area contributed by atoms with Crippen molar-refractivity contribution in [2.24, 2.45) is 5.92 Å². The average Bonchev–Trinajstić information content (AvgIpc) is 3.11. The molecule has 1 aromatic rings. The Labute approximate surface area is 136 Å². The molecule has 1 fully saturated rings. The molecule has 0 saturated carbocycles. The normalized spacial score (nSPS) is 18.8. The molecule has 2 amide bonds. The summed E-state index contributed by atoms with van der Waals surface area (Å²) in [6, 6.07) is 7.23. The molecule has 0 radical (unpaired) electrons. The molecule has 0 unspecified atom stereocenters. The number of nitrogens with one attached hydrogen (secondary N) is 2. The van der Waals surface area contributed by atoms with Gasteiger partial charge in [0, 0.05) is 36.4 Å². The van der Waals surface area contributed by atoms with Crippen molar-refractivity contribution in [1.82, 2.24) is 5.32 Å². The number of anilines is 1. The molecule has 5 nitrogen and oxygen atoms in total. The highest BCUT2D eigenvalue weighted by molar-refractivity contribution is 5.96. The summed E-state index contributed by atoms with van der Waals surface area (Å²) >= 11 is 0. The third-order valence-electron chi connectivity index (χ3n) is 4.35. The standard InChI is InChI=1S/C18H22N2O3/c21-17(13-3-1-2-4-13)19-15-7-5-14(6-8-15)18(22)20-16-9-11-23-12-10-16/h1-2,5-8,13,16H,3-4,9-12H2,(H,19,21)(H,20,22). The first-order valence-corrected chi connectivity index (χ1v) is 8.17. The van der Waals surface area contributed by atoms with Gasteiger partial charge in [0.15, 0.2) is 0 Å². The van der Waals surface area contributed by atoms with Gasteiger partial charge in [0.05, 0.1) is 0 Å². The Balaban J connectivity index is 1.53. The van der Waals surface area contributed by atoms with Gasteiger partial charge in [0.1, 0.15) is 0 Å².